The summed E-state index contributed by atoms with van der Waals surface area (Å²) in [5.74, 6) is 0. The lowest BCUT2D eigenvalue weighted by Crippen LogP contribution is -2.62. The first-order chi connectivity index (χ1) is 37.3. The summed E-state index contributed by atoms with van der Waals surface area (Å²) < 4.78 is 7.32. The Hall–Kier alpha value is -7.76. The van der Waals surface area contributed by atoms with Gasteiger partial charge in [0.15, 0.2) is 0 Å². The molecule has 0 aliphatic carbocycles. The molecule has 0 radical (unpaired) electrons. The van der Waals surface area contributed by atoms with Gasteiger partial charge in [-0.2, -0.15) is 0 Å². The predicted molar refractivity (Wildman–Crippen MR) is 341 cm³/mol. The van der Waals surface area contributed by atoms with Crippen molar-refractivity contribution in [3.63, 3.8) is 0 Å². The van der Waals surface area contributed by atoms with Crippen LogP contribution in [0.2, 0.25) is 0 Å². The van der Waals surface area contributed by atoms with E-state index in [0.29, 0.717) is 0 Å². The van der Waals surface area contributed by atoms with Crippen molar-refractivity contribution in [1.29, 1.82) is 0 Å². The Morgan fingerprint density at radius 2 is 0.861 bits per heavy atom. The van der Waals surface area contributed by atoms with Gasteiger partial charge in [0, 0.05) is 67.2 Å². The van der Waals surface area contributed by atoms with E-state index in [1.807, 2.05) is 0 Å². The Labute approximate surface area is 470 Å². The van der Waals surface area contributed by atoms with Crippen LogP contribution in [0.5, 0.6) is 0 Å². The van der Waals surface area contributed by atoms with E-state index in [1.54, 1.807) is 0 Å². The topological polar surface area (TPSA) is 22.9 Å². The minimum Gasteiger partial charge on any atom is -0.456 e. The highest BCUT2D eigenvalue weighted by Gasteiger charge is 2.48. The Morgan fingerprint density at radius 3 is 1.44 bits per heavy atom. The number of hydrogen-bond donors (Lipinski definition) is 0. The van der Waals surface area contributed by atoms with Crippen LogP contribution in [0, 0.1) is 0 Å². The number of furan rings is 1. The van der Waals surface area contributed by atoms with E-state index in [4.69, 9.17) is 4.42 Å². The number of rotatable bonds is 6. The molecule has 0 amide bonds. The molecule has 0 unspecified atom stereocenters. The molecule has 12 rings (SSSR count). The van der Waals surface area contributed by atoms with Crippen LogP contribution in [0.3, 0.4) is 0 Å². The molecule has 2 aliphatic rings. The second-order valence-corrected chi connectivity index (χ2v) is 27.6. The highest BCUT2D eigenvalue weighted by atomic mass is 16.3. The lowest BCUT2D eigenvalue weighted by molar-refractivity contribution is 0.590. The Kier molecular flexibility index (Phi) is 12.1. The summed E-state index contributed by atoms with van der Waals surface area (Å²) in [5, 5.41) is 2.23. The van der Waals surface area contributed by atoms with Crippen molar-refractivity contribution in [2.24, 2.45) is 0 Å². The molecule has 3 heterocycles. The maximum absolute atomic E-state index is 7.32. The number of para-hydroxylation sites is 1. The Morgan fingerprint density at radius 1 is 0.354 bits per heavy atom. The summed E-state index contributed by atoms with van der Waals surface area (Å²) in [6, 6.07) is 71.5. The lowest BCUT2D eigenvalue weighted by atomic mass is 9.43. The van der Waals surface area contributed by atoms with Crippen molar-refractivity contribution in [3.05, 3.63) is 216 Å². The zero-order valence-corrected chi connectivity index (χ0v) is 49.2. The average Bonchev–Trinajstić information content (AvgIpc) is 2.95. The molecule has 0 bridgehead atoms. The second-order valence-electron chi connectivity index (χ2n) is 27.6. The summed E-state index contributed by atoms with van der Waals surface area (Å²) in [7, 11) is 0. The average molecular weight is 1030 g/mol. The summed E-state index contributed by atoms with van der Waals surface area (Å²) in [6.07, 6.45) is 0. The van der Waals surface area contributed by atoms with E-state index in [-0.39, 0.29) is 33.9 Å². The number of anilines is 8. The number of benzene rings is 9. The van der Waals surface area contributed by atoms with Crippen molar-refractivity contribution in [3.8, 4) is 22.3 Å². The molecule has 1 aromatic heterocycles. The van der Waals surface area contributed by atoms with E-state index in [1.165, 1.54) is 61.2 Å². The van der Waals surface area contributed by atoms with E-state index in [9.17, 15) is 0 Å². The minimum absolute atomic E-state index is 0.0147. The quantitative estimate of drug-likeness (QED) is 0.155. The first kappa shape index (κ1) is 52.0. The standard InChI is InChI=1S/C74H76BN3O/c1-70(2,3)48-25-32-53(33-26-48)76(54-34-27-49(28-35-54)71(4,5)6)56-38-39-57-61-44-52(74(13,14)15)45-65-67(61)75(78(64(57)46-56)55-36-29-50(30-37-55)72(7,8)9)68-63(42-40-59-58-23-19-20-24-66(58)79-69(59)68)77(65)62-41-31-51(73(10,11)12)43-60(62)47-21-17-16-18-22-47/h16-46H,1-15H3. The van der Waals surface area contributed by atoms with Gasteiger partial charge in [-0.15, -0.1) is 0 Å². The fraction of sp³-hybridized carbons (Fsp3) is 0.270. The molecule has 5 heteroatoms. The largest absolute Gasteiger partial charge is 0.456 e. The van der Waals surface area contributed by atoms with Gasteiger partial charge < -0.3 is 19.0 Å². The van der Waals surface area contributed by atoms with E-state index in [2.05, 4.69) is 307 Å². The second kappa shape index (κ2) is 18.4. The van der Waals surface area contributed by atoms with Crippen LogP contribution >= 0.6 is 0 Å². The van der Waals surface area contributed by atoms with Crippen molar-refractivity contribution in [1.82, 2.24) is 0 Å². The third-order valence-electron chi connectivity index (χ3n) is 16.8. The molecule has 396 valence electrons. The van der Waals surface area contributed by atoms with Gasteiger partial charge in [-0.3, -0.25) is 0 Å². The van der Waals surface area contributed by atoms with Gasteiger partial charge in [0.2, 0.25) is 0 Å². The molecule has 4 nitrogen and oxygen atoms in total. The predicted octanol–water partition coefficient (Wildman–Crippen LogP) is 19.9. The molecular weight excluding hydrogens is 958 g/mol. The van der Waals surface area contributed by atoms with Gasteiger partial charge in [0.25, 0.3) is 0 Å². The number of hydrogen-bond acceptors (Lipinski definition) is 4. The monoisotopic (exact) mass is 1030 g/mol. The Bertz CT molecular complexity index is 3910. The van der Waals surface area contributed by atoms with Crippen LogP contribution in [0.25, 0.3) is 44.2 Å². The number of fused-ring (bicyclic) bond motifs is 8. The molecule has 0 N–H and O–H groups in total. The summed E-state index contributed by atoms with van der Waals surface area (Å²) in [6.45, 7) is 34.4. The SMILES string of the molecule is CC(C)(C)c1ccc(N2B3c4c(cc(C(C)(C)C)cc4N(c4ccc(C(C)(C)C)cc4-c4ccccc4)c4ccc5c(oc6ccccc65)c43)-c3ccc(N(c4ccc(C(C)(C)C)cc4)c4ccc(C(C)(C)C)cc4)cc32)cc1. The highest BCUT2D eigenvalue weighted by Crippen LogP contribution is 2.53. The maximum atomic E-state index is 7.32. The van der Waals surface area contributed by atoms with Crippen LogP contribution in [0.15, 0.2) is 192 Å². The van der Waals surface area contributed by atoms with E-state index in [0.717, 1.165) is 67.2 Å². The van der Waals surface area contributed by atoms with E-state index < -0.39 is 0 Å². The first-order valence-electron chi connectivity index (χ1n) is 28.5. The molecule has 10 aromatic rings. The van der Waals surface area contributed by atoms with E-state index >= 15 is 0 Å². The van der Waals surface area contributed by atoms with Gasteiger partial charge in [-0.05, 0) is 156 Å². The van der Waals surface area contributed by atoms with Crippen LogP contribution in [0.4, 0.5) is 45.5 Å². The molecule has 2 aliphatic heterocycles. The third-order valence-corrected chi connectivity index (χ3v) is 16.8. The summed E-state index contributed by atoms with van der Waals surface area (Å²) in [5.41, 5.74) is 24.3. The van der Waals surface area contributed by atoms with Gasteiger partial charge in [-0.25, -0.2) is 0 Å². The zero-order chi connectivity index (χ0) is 55.7. The molecular formula is C74H76BN3O. The third kappa shape index (κ3) is 9.04. The zero-order valence-electron chi connectivity index (χ0n) is 49.2. The fourth-order valence-electron chi connectivity index (χ4n) is 12.2. The minimum atomic E-state index is -0.294. The van der Waals surface area contributed by atoms with Gasteiger partial charge in [0.05, 0.1) is 5.69 Å². The molecule has 0 atom stereocenters. The van der Waals surface area contributed by atoms with Crippen molar-refractivity contribution < 1.29 is 4.42 Å². The van der Waals surface area contributed by atoms with Crippen LogP contribution in [-0.2, 0) is 27.1 Å². The van der Waals surface area contributed by atoms with Gasteiger partial charge in [-0.1, -0.05) is 207 Å². The van der Waals surface area contributed by atoms with Crippen LogP contribution < -0.4 is 25.5 Å². The number of nitrogens with zero attached hydrogens (tertiary/aromatic N) is 3. The maximum Gasteiger partial charge on any atom is 0.336 e. The first-order valence-corrected chi connectivity index (χ1v) is 28.5. The molecule has 79 heavy (non-hydrogen) atoms. The van der Waals surface area contributed by atoms with Gasteiger partial charge in [0.1, 0.15) is 11.2 Å². The summed E-state index contributed by atoms with van der Waals surface area (Å²) >= 11 is 0. The smallest absolute Gasteiger partial charge is 0.336 e. The van der Waals surface area contributed by atoms with Crippen LogP contribution in [0.1, 0.15) is 132 Å². The van der Waals surface area contributed by atoms with Crippen molar-refractivity contribution in [2.75, 3.05) is 14.6 Å². The highest BCUT2D eigenvalue weighted by molar-refractivity contribution is 6.95. The van der Waals surface area contributed by atoms with Gasteiger partial charge >= 0.3 is 6.85 Å². The molecule has 0 spiro atoms. The molecule has 0 saturated carbocycles. The van der Waals surface area contributed by atoms with Crippen LogP contribution in [-0.4, -0.2) is 6.85 Å². The lowest BCUT2D eigenvalue weighted by Gasteiger charge is -2.47. The fourth-order valence-corrected chi connectivity index (χ4v) is 12.2. The summed E-state index contributed by atoms with van der Waals surface area (Å²) in [4.78, 5) is 7.69. The molecule has 0 fully saturated rings. The van der Waals surface area contributed by atoms with Crippen molar-refractivity contribution >= 4 is 85.2 Å². The Balaban J connectivity index is 1.21. The normalized spacial score (nSPS) is 13.7. The molecule has 9 aromatic carbocycles. The van der Waals surface area contributed by atoms with Crippen molar-refractivity contribution in [2.45, 2.75) is 131 Å². The molecule has 0 saturated heterocycles.